The third-order valence-corrected chi connectivity index (χ3v) is 3.65. The lowest BCUT2D eigenvalue weighted by molar-refractivity contribution is -0.137. The number of nitrogen functional groups attached to an aromatic ring is 1. The second kappa shape index (κ2) is 5.40. The van der Waals surface area contributed by atoms with Crippen molar-refractivity contribution in [2.45, 2.75) is 23.9 Å². The largest absolute Gasteiger partial charge is 0.416 e. The van der Waals surface area contributed by atoms with Gasteiger partial charge in [0.2, 0.25) is 0 Å². The maximum absolute atomic E-state index is 12.4. The number of benzene rings is 1. The van der Waals surface area contributed by atoms with Crippen LogP contribution in [0.25, 0.3) is 0 Å². The van der Waals surface area contributed by atoms with E-state index in [4.69, 9.17) is 10.5 Å². The van der Waals surface area contributed by atoms with Gasteiger partial charge in [0.05, 0.1) is 18.1 Å². The Morgan fingerprint density at radius 2 is 2.06 bits per heavy atom. The molecule has 2 nitrogen and oxygen atoms in total. The zero-order valence-electron chi connectivity index (χ0n) is 9.67. The van der Waals surface area contributed by atoms with Gasteiger partial charge in [0.25, 0.3) is 0 Å². The van der Waals surface area contributed by atoms with Crippen LogP contribution in [0.3, 0.4) is 0 Å². The molecule has 1 aliphatic carbocycles. The number of nitrogens with two attached hydrogens (primary N) is 1. The molecule has 0 aromatic heterocycles. The fourth-order valence-corrected chi connectivity index (χ4v) is 2.16. The number of halogens is 3. The molecule has 18 heavy (non-hydrogen) atoms. The van der Waals surface area contributed by atoms with E-state index in [2.05, 4.69) is 0 Å². The van der Waals surface area contributed by atoms with E-state index >= 15 is 0 Å². The molecular formula is C12H14F3NOS. The summed E-state index contributed by atoms with van der Waals surface area (Å²) >= 11 is 1.32. The molecule has 0 unspecified atom stereocenters. The summed E-state index contributed by atoms with van der Waals surface area (Å²) in [5.74, 6) is 1.10. The summed E-state index contributed by atoms with van der Waals surface area (Å²) in [6.07, 6.45) is -1.92. The highest BCUT2D eigenvalue weighted by molar-refractivity contribution is 7.99. The van der Waals surface area contributed by atoms with Crippen LogP contribution in [0.5, 0.6) is 0 Å². The number of hydrogen-bond acceptors (Lipinski definition) is 3. The molecular weight excluding hydrogens is 263 g/mol. The Balaban J connectivity index is 1.88. The summed E-state index contributed by atoms with van der Waals surface area (Å²) in [6.45, 7) is 0.730. The van der Waals surface area contributed by atoms with Crippen LogP contribution in [0.2, 0.25) is 0 Å². The Kier molecular flexibility index (Phi) is 4.07. The molecule has 0 bridgehead atoms. The van der Waals surface area contributed by atoms with E-state index in [0.29, 0.717) is 16.8 Å². The summed E-state index contributed by atoms with van der Waals surface area (Å²) in [7, 11) is 0. The van der Waals surface area contributed by atoms with Gasteiger partial charge in [-0.1, -0.05) is 11.8 Å². The summed E-state index contributed by atoms with van der Waals surface area (Å²) in [5.41, 5.74) is 5.02. The van der Waals surface area contributed by atoms with Crippen LogP contribution < -0.4 is 5.73 Å². The lowest BCUT2D eigenvalue weighted by Gasteiger charge is -2.10. The molecule has 0 atom stereocenters. The summed E-state index contributed by atoms with van der Waals surface area (Å²) < 4.78 is 42.6. The Morgan fingerprint density at radius 1 is 1.33 bits per heavy atom. The second-order valence-electron chi connectivity index (χ2n) is 4.33. The number of alkyl halides is 3. The van der Waals surface area contributed by atoms with Crippen molar-refractivity contribution in [3.63, 3.8) is 0 Å². The van der Waals surface area contributed by atoms with E-state index in [1.807, 2.05) is 0 Å². The minimum Gasteiger partial charge on any atom is -0.398 e. The predicted octanol–water partition coefficient (Wildman–Crippen LogP) is 3.76. The van der Waals surface area contributed by atoms with E-state index in [1.165, 1.54) is 30.7 Å². The number of hydrogen-bond donors (Lipinski definition) is 1. The van der Waals surface area contributed by atoms with Gasteiger partial charge in [-0.2, -0.15) is 13.2 Å². The first-order chi connectivity index (χ1) is 8.47. The highest BCUT2D eigenvalue weighted by atomic mass is 32.2. The molecule has 6 heteroatoms. The third-order valence-electron chi connectivity index (χ3n) is 2.69. The number of ether oxygens (including phenoxy) is 1. The zero-order chi connectivity index (χ0) is 13.2. The number of anilines is 1. The van der Waals surface area contributed by atoms with Crippen LogP contribution in [-0.2, 0) is 10.9 Å². The quantitative estimate of drug-likeness (QED) is 0.385. The third kappa shape index (κ3) is 3.81. The molecule has 0 saturated heterocycles. The first kappa shape index (κ1) is 13.5. The van der Waals surface area contributed by atoms with Crippen LogP contribution in [0.15, 0.2) is 23.1 Å². The van der Waals surface area contributed by atoms with Crippen molar-refractivity contribution < 1.29 is 17.9 Å². The van der Waals surface area contributed by atoms with Crippen LogP contribution in [0.1, 0.15) is 18.4 Å². The monoisotopic (exact) mass is 277 g/mol. The topological polar surface area (TPSA) is 35.2 Å². The summed E-state index contributed by atoms with van der Waals surface area (Å²) in [5, 5.41) is 0. The molecule has 0 aliphatic heterocycles. The zero-order valence-corrected chi connectivity index (χ0v) is 10.5. The highest BCUT2D eigenvalue weighted by Crippen LogP contribution is 2.34. The van der Waals surface area contributed by atoms with E-state index in [9.17, 15) is 13.2 Å². The van der Waals surface area contributed by atoms with Gasteiger partial charge >= 0.3 is 6.18 Å². The molecule has 1 saturated carbocycles. The van der Waals surface area contributed by atoms with Gasteiger partial charge in [-0.05, 0) is 37.0 Å². The summed E-state index contributed by atoms with van der Waals surface area (Å²) in [4.78, 5) is 0.624. The molecule has 2 N–H and O–H groups in total. The van der Waals surface area contributed by atoms with Crippen LogP contribution in [-0.4, -0.2) is 12.5 Å². The standard InChI is InChI=1S/C12H14F3NOS/c13-12(14,15)9-3-4-11(10(16)5-9)18-7-17-6-8-1-2-8/h3-5,8H,1-2,6-7,16H2. The van der Waals surface area contributed by atoms with Crippen molar-refractivity contribution in [2.24, 2.45) is 5.92 Å². The first-order valence-corrected chi connectivity index (χ1v) is 6.62. The van der Waals surface area contributed by atoms with E-state index in [1.54, 1.807) is 0 Å². The highest BCUT2D eigenvalue weighted by Gasteiger charge is 2.30. The molecule has 1 aromatic rings. The van der Waals surface area contributed by atoms with Crippen LogP contribution >= 0.6 is 11.8 Å². The second-order valence-corrected chi connectivity index (χ2v) is 5.29. The maximum Gasteiger partial charge on any atom is 0.416 e. The van der Waals surface area contributed by atoms with Gasteiger partial charge in [0, 0.05) is 10.6 Å². The van der Waals surface area contributed by atoms with Gasteiger partial charge in [0.15, 0.2) is 0 Å². The van der Waals surface area contributed by atoms with Gasteiger partial charge in [-0.25, -0.2) is 0 Å². The molecule has 0 spiro atoms. The van der Waals surface area contributed by atoms with Gasteiger partial charge in [-0.15, -0.1) is 0 Å². The average Bonchev–Trinajstić information content (AvgIpc) is 3.08. The average molecular weight is 277 g/mol. The van der Waals surface area contributed by atoms with Gasteiger partial charge in [-0.3, -0.25) is 0 Å². The fraction of sp³-hybridized carbons (Fsp3) is 0.500. The van der Waals surface area contributed by atoms with Crippen LogP contribution in [0.4, 0.5) is 18.9 Å². The van der Waals surface area contributed by atoms with Crippen molar-refractivity contribution in [3.8, 4) is 0 Å². The van der Waals surface area contributed by atoms with Crippen molar-refractivity contribution in [3.05, 3.63) is 23.8 Å². The van der Waals surface area contributed by atoms with E-state index < -0.39 is 11.7 Å². The lowest BCUT2D eigenvalue weighted by Crippen LogP contribution is -2.06. The molecule has 1 aliphatic rings. The smallest absolute Gasteiger partial charge is 0.398 e. The molecule has 2 rings (SSSR count). The molecule has 1 fully saturated rings. The predicted molar refractivity (Wildman–Crippen MR) is 65.3 cm³/mol. The summed E-state index contributed by atoms with van der Waals surface area (Å²) in [6, 6.07) is 3.39. The Labute approximate surface area is 108 Å². The Morgan fingerprint density at radius 3 is 2.61 bits per heavy atom. The molecule has 1 aromatic carbocycles. The molecule has 0 amide bonds. The van der Waals surface area contributed by atoms with Crippen molar-refractivity contribution >= 4 is 17.4 Å². The Bertz CT molecular complexity index is 418. The maximum atomic E-state index is 12.4. The lowest BCUT2D eigenvalue weighted by atomic mass is 10.2. The van der Waals surface area contributed by atoms with Gasteiger partial charge in [0.1, 0.15) is 0 Å². The van der Waals surface area contributed by atoms with E-state index in [0.717, 1.165) is 18.7 Å². The van der Waals surface area contributed by atoms with Gasteiger partial charge < -0.3 is 10.5 Å². The van der Waals surface area contributed by atoms with Crippen molar-refractivity contribution in [1.82, 2.24) is 0 Å². The van der Waals surface area contributed by atoms with Crippen LogP contribution in [0, 0.1) is 5.92 Å². The van der Waals surface area contributed by atoms with E-state index in [-0.39, 0.29) is 5.69 Å². The number of rotatable bonds is 5. The molecule has 0 heterocycles. The molecule has 0 radical (unpaired) electrons. The molecule has 100 valence electrons. The minimum absolute atomic E-state index is 0.143. The fourth-order valence-electron chi connectivity index (χ4n) is 1.46. The van der Waals surface area contributed by atoms with Crippen molar-refractivity contribution in [2.75, 3.05) is 18.3 Å². The Hall–Kier alpha value is -0.880. The van der Waals surface area contributed by atoms with Crippen molar-refractivity contribution in [1.29, 1.82) is 0 Å². The first-order valence-electron chi connectivity index (χ1n) is 5.64. The SMILES string of the molecule is Nc1cc(C(F)(F)F)ccc1SCOCC1CC1. The minimum atomic E-state index is -4.35. The normalized spacial score (nSPS) is 15.9. The number of thioether (sulfide) groups is 1.